The molecule has 0 atom stereocenters. The lowest BCUT2D eigenvalue weighted by Gasteiger charge is -2.18. The fourth-order valence-corrected chi connectivity index (χ4v) is 3.82. The molecule has 26 heavy (non-hydrogen) atoms. The lowest BCUT2D eigenvalue weighted by molar-refractivity contribution is -0.116. The zero-order chi connectivity index (χ0) is 18.9. The molecule has 1 amide bonds. The van der Waals surface area contributed by atoms with Crippen molar-refractivity contribution in [1.82, 2.24) is 0 Å². The Kier molecular flexibility index (Phi) is 5.01. The third-order valence-electron chi connectivity index (χ3n) is 3.68. The van der Waals surface area contributed by atoms with E-state index in [1.54, 1.807) is 0 Å². The van der Waals surface area contributed by atoms with E-state index in [0.29, 0.717) is 17.7 Å². The van der Waals surface area contributed by atoms with Crippen molar-refractivity contribution < 1.29 is 26.7 Å². The minimum atomic E-state index is -3.92. The predicted molar refractivity (Wildman–Crippen MR) is 92.3 cm³/mol. The van der Waals surface area contributed by atoms with Crippen LogP contribution in [0.25, 0.3) is 0 Å². The number of rotatable bonds is 5. The molecule has 0 spiro atoms. The van der Waals surface area contributed by atoms with Gasteiger partial charge in [-0.2, -0.15) is 8.78 Å². The maximum Gasteiger partial charge on any atom is 0.387 e. The number of anilines is 2. The van der Waals surface area contributed by atoms with Gasteiger partial charge >= 0.3 is 6.61 Å². The maximum atomic E-state index is 12.5. The van der Waals surface area contributed by atoms with Crippen molar-refractivity contribution in [3.05, 3.63) is 47.0 Å². The number of fused-ring (bicyclic) bond motifs is 1. The third kappa shape index (κ3) is 4.05. The highest BCUT2D eigenvalue weighted by molar-refractivity contribution is 7.92. The molecule has 0 bridgehead atoms. The van der Waals surface area contributed by atoms with Gasteiger partial charge < -0.3 is 10.1 Å². The van der Waals surface area contributed by atoms with Crippen molar-refractivity contribution in [1.29, 1.82) is 0 Å². The average molecular weight is 403 g/mol. The van der Waals surface area contributed by atoms with Crippen molar-refractivity contribution >= 4 is 38.9 Å². The zero-order valence-electron chi connectivity index (χ0n) is 13.1. The highest BCUT2D eigenvalue weighted by Gasteiger charge is 2.20. The van der Waals surface area contributed by atoms with Gasteiger partial charge in [-0.15, -0.1) is 0 Å². The van der Waals surface area contributed by atoms with E-state index in [2.05, 4.69) is 14.8 Å². The van der Waals surface area contributed by atoms with Gasteiger partial charge in [-0.3, -0.25) is 9.52 Å². The van der Waals surface area contributed by atoms with Gasteiger partial charge in [-0.1, -0.05) is 11.6 Å². The quantitative estimate of drug-likeness (QED) is 0.799. The summed E-state index contributed by atoms with van der Waals surface area (Å²) in [5.74, 6) is -0.374. The van der Waals surface area contributed by atoms with Crippen LogP contribution >= 0.6 is 11.6 Å². The van der Waals surface area contributed by atoms with Crippen molar-refractivity contribution in [3.8, 4) is 5.75 Å². The lowest BCUT2D eigenvalue weighted by Crippen LogP contribution is -2.20. The fraction of sp³-hybridized carbons (Fsp3) is 0.188. The number of carbonyl (C=O) groups is 1. The molecule has 2 aromatic carbocycles. The molecule has 2 N–H and O–H groups in total. The molecule has 10 heteroatoms. The number of hydrogen-bond acceptors (Lipinski definition) is 4. The minimum absolute atomic E-state index is 0.0106. The first kappa shape index (κ1) is 18.4. The Labute approximate surface area is 153 Å². The van der Waals surface area contributed by atoms with Crippen molar-refractivity contribution in [2.45, 2.75) is 24.3 Å². The topological polar surface area (TPSA) is 84.5 Å². The van der Waals surface area contributed by atoms with Gasteiger partial charge in [0.05, 0.1) is 15.6 Å². The second-order valence-electron chi connectivity index (χ2n) is 5.50. The normalized spacial score (nSPS) is 13.9. The van der Waals surface area contributed by atoms with Crippen LogP contribution < -0.4 is 14.8 Å². The van der Waals surface area contributed by atoms with Gasteiger partial charge in [0.25, 0.3) is 10.0 Å². The largest absolute Gasteiger partial charge is 0.433 e. The number of amides is 1. The van der Waals surface area contributed by atoms with E-state index in [0.717, 1.165) is 6.07 Å². The minimum Gasteiger partial charge on any atom is -0.433 e. The SMILES string of the molecule is O=C1CCc2cc(S(=O)(=O)Nc3ccc(OC(F)F)c(Cl)c3)ccc2N1. The van der Waals surface area contributed by atoms with Gasteiger partial charge in [0.15, 0.2) is 0 Å². The summed E-state index contributed by atoms with van der Waals surface area (Å²) in [7, 11) is -3.92. The van der Waals surface area contributed by atoms with E-state index in [-0.39, 0.29) is 33.7 Å². The van der Waals surface area contributed by atoms with Gasteiger partial charge in [0.1, 0.15) is 5.75 Å². The first-order valence-electron chi connectivity index (χ1n) is 7.44. The van der Waals surface area contributed by atoms with Crippen LogP contribution in [-0.2, 0) is 21.2 Å². The highest BCUT2D eigenvalue weighted by atomic mass is 35.5. The summed E-state index contributed by atoms with van der Waals surface area (Å²) in [6.07, 6.45) is 0.723. The Hall–Kier alpha value is -2.39. The fourth-order valence-electron chi connectivity index (χ4n) is 2.50. The number of alkyl halides is 2. The van der Waals surface area contributed by atoms with E-state index >= 15 is 0 Å². The van der Waals surface area contributed by atoms with Crippen LogP contribution in [0.3, 0.4) is 0 Å². The second-order valence-corrected chi connectivity index (χ2v) is 7.59. The maximum absolute atomic E-state index is 12.5. The summed E-state index contributed by atoms with van der Waals surface area (Å²) in [6, 6.07) is 7.95. The summed E-state index contributed by atoms with van der Waals surface area (Å²) < 4.78 is 56.1. The van der Waals surface area contributed by atoms with Gasteiger partial charge in [-0.05, 0) is 48.4 Å². The Balaban J connectivity index is 1.83. The number of benzene rings is 2. The molecule has 0 aliphatic carbocycles. The van der Waals surface area contributed by atoms with Crippen LogP contribution in [0.2, 0.25) is 5.02 Å². The van der Waals surface area contributed by atoms with Gasteiger partial charge in [-0.25, -0.2) is 8.42 Å². The van der Waals surface area contributed by atoms with E-state index in [9.17, 15) is 22.0 Å². The number of carbonyl (C=O) groups excluding carboxylic acids is 1. The summed E-state index contributed by atoms with van der Waals surface area (Å²) in [4.78, 5) is 11.4. The Morgan fingerprint density at radius 1 is 1.15 bits per heavy atom. The van der Waals surface area contributed by atoms with Gasteiger partial charge in [0.2, 0.25) is 5.91 Å². The van der Waals surface area contributed by atoms with E-state index in [1.165, 1.54) is 30.3 Å². The first-order valence-corrected chi connectivity index (χ1v) is 9.31. The number of halogens is 3. The Morgan fingerprint density at radius 3 is 2.62 bits per heavy atom. The number of sulfonamides is 1. The van der Waals surface area contributed by atoms with Crippen LogP contribution in [0.4, 0.5) is 20.2 Å². The standard InChI is InChI=1S/C16H13ClF2N2O4S/c17-12-8-10(2-5-14(12)25-16(18)19)21-26(23,24)11-3-4-13-9(7-11)1-6-15(22)20-13/h2-5,7-8,16,21H,1,6H2,(H,20,22). The van der Waals surface area contributed by atoms with E-state index in [4.69, 9.17) is 11.6 Å². The van der Waals surface area contributed by atoms with Crippen LogP contribution in [0.1, 0.15) is 12.0 Å². The molecule has 0 saturated carbocycles. The number of hydrogen-bond donors (Lipinski definition) is 2. The third-order valence-corrected chi connectivity index (χ3v) is 5.36. The van der Waals surface area contributed by atoms with Crippen molar-refractivity contribution in [2.24, 2.45) is 0 Å². The molecule has 3 rings (SSSR count). The Bertz CT molecular complexity index is 967. The molecule has 1 aliphatic heterocycles. The second kappa shape index (κ2) is 7.08. The molecule has 138 valence electrons. The lowest BCUT2D eigenvalue weighted by atomic mass is 10.0. The Morgan fingerprint density at radius 2 is 1.92 bits per heavy atom. The smallest absolute Gasteiger partial charge is 0.387 e. The van der Waals surface area contributed by atoms with E-state index < -0.39 is 16.6 Å². The van der Waals surface area contributed by atoms with Gasteiger partial charge in [0, 0.05) is 12.1 Å². The highest BCUT2D eigenvalue weighted by Crippen LogP contribution is 2.31. The molecular weight excluding hydrogens is 390 g/mol. The van der Waals surface area contributed by atoms with Crippen LogP contribution in [0.15, 0.2) is 41.3 Å². The first-order chi connectivity index (χ1) is 12.2. The molecule has 0 unspecified atom stereocenters. The molecule has 1 heterocycles. The summed E-state index contributed by atoms with van der Waals surface area (Å²) in [5, 5.41) is 2.52. The van der Waals surface area contributed by atoms with Crippen molar-refractivity contribution in [2.75, 3.05) is 10.0 Å². The van der Waals surface area contributed by atoms with Crippen molar-refractivity contribution in [3.63, 3.8) is 0 Å². The van der Waals surface area contributed by atoms with E-state index in [1.807, 2.05) is 0 Å². The monoisotopic (exact) mass is 402 g/mol. The molecule has 0 aromatic heterocycles. The number of nitrogens with one attached hydrogen (secondary N) is 2. The average Bonchev–Trinajstić information content (AvgIpc) is 2.56. The van der Waals surface area contributed by atoms with Crippen LogP contribution in [-0.4, -0.2) is 20.9 Å². The molecule has 0 radical (unpaired) electrons. The zero-order valence-corrected chi connectivity index (χ0v) is 14.7. The predicted octanol–water partition coefficient (Wildman–Crippen LogP) is 3.63. The summed E-state index contributed by atoms with van der Waals surface area (Å²) in [6.45, 7) is -3.04. The molecular formula is C16H13ClF2N2O4S. The molecule has 0 saturated heterocycles. The molecule has 6 nitrogen and oxygen atoms in total. The van der Waals surface area contributed by atoms with Crippen LogP contribution in [0.5, 0.6) is 5.75 Å². The number of aryl methyl sites for hydroxylation is 1. The summed E-state index contributed by atoms with van der Waals surface area (Å²) in [5.41, 5.74) is 1.39. The van der Waals surface area contributed by atoms with Crippen LogP contribution in [0, 0.1) is 0 Å². The molecule has 0 fully saturated rings. The summed E-state index contributed by atoms with van der Waals surface area (Å²) >= 11 is 5.82. The molecule has 1 aliphatic rings. The molecule has 2 aromatic rings. The number of ether oxygens (including phenoxy) is 1.